The first kappa shape index (κ1) is 35.7. The molecular weight excluding hydrogens is 663 g/mol. The molecule has 1 fully saturated rings. The van der Waals surface area contributed by atoms with Crippen molar-refractivity contribution in [3.8, 4) is 11.1 Å². The molecule has 4 aromatic carbocycles. The maximum atomic E-state index is 12.7. The Morgan fingerprint density at radius 3 is 2.29 bits per heavy atom. The van der Waals surface area contributed by atoms with Gasteiger partial charge in [0.25, 0.3) is 0 Å². The van der Waals surface area contributed by atoms with Gasteiger partial charge in [-0.05, 0) is 52.4 Å². The van der Waals surface area contributed by atoms with E-state index >= 15 is 0 Å². The fraction of sp³-hybridized carbons (Fsp3) is 0.250. The number of nitrogens with two attached hydrogens (primary N) is 1. The smallest absolute Gasteiger partial charge is 0.224 e. The Labute approximate surface area is 301 Å². The molecule has 3 atom stereocenters. The van der Waals surface area contributed by atoms with Crippen molar-refractivity contribution in [2.45, 2.75) is 62.5 Å². The lowest BCUT2D eigenvalue weighted by Crippen LogP contribution is -2.31. The predicted molar refractivity (Wildman–Crippen MR) is 198 cm³/mol. The number of aliphatic hydroxyl groups excluding tert-OH is 1. The highest BCUT2D eigenvalue weighted by Gasteiger charge is 2.32. The van der Waals surface area contributed by atoms with Gasteiger partial charge in [-0.15, -0.1) is 0 Å². The molecule has 10 nitrogen and oxygen atoms in total. The van der Waals surface area contributed by atoms with E-state index in [9.17, 15) is 14.7 Å². The van der Waals surface area contributed by atoms with E-state index in [1.54, 1.807) is 54.5 Å². The molecule has 0 radical (unpaired) electrons. The van der Waals surface area contributed by atoms with E-state index in [0.29, 0.717) is 41.7 Å². The van der Waals surface area contributed by atoms with Crippen LogP contribution < -0.4 is 16.4 Å². The molecule has 11 heteroatoms. The van der Waals surface area contributed by atoms with Gasteiger partial charge in [-0.2, -0.15) is 0 Å². The topological polar surface area (TPSA) is 149 Å². The summed E-state index contributed by atoms with van der Waals surface area (Å²) in [5, 5.41) is 16.0. The summed E-state index contributed by atoms with van der Waals surface area (Å²) in [6, 6.07) is 32.8. The van der Waals surface area contributed by atoms with E-state index in [0.717, 1.165) is 33.4 Å². The van der Waals surface area contributed by atoms with E-state index in [1.165, 1.54) is 0 Å². The lowest BCUT2D eigenvalue weighted by atomic mass is 9.97. The molecule has 0 bridgehead atoms. The highest BCUT2D eigenvalue weighted by molar-refractivity contribution is 7.99. The average molecular weight is 704 g/mol. The van der Waals surface area contributed by atoms with Gasteiger partial charge in [-0.1, -0.05) is 96.7 Å². The molecule has 5 aromatic rings. The Hall–Kier alpha value is -5.07. The Kier molecular flexibility index (Phi) is 12.4. The monoisotopic (exact) mass is 703 g/mol. The van der Waals surface area contributed by atoms with Gasteiger partial charge < -0.3 is 30.9 Å². The van der Waals surface area contributed by atoms with E-state index in [4.69, 9.17) is 15.2 Å². The molecule has 2 heterocycles. The fourth-order valence-corrected chi connectivity index (χ4v) is 6.66. The first-order valence-electron chi connectivity index (χ1n) is 16.9. The zero-order valence-corrected chi connectivity index (χ0v) is 28.9. The van der Waals surface area contributed by atoms with Crippen LogP contribution in [-0.4, -0.2) is 38.7 Å². The number of nitrogens with one attached hydrogen (secondary N) is 2. The number of nitrogen functional groups attached to an aromatic ring is 1. The van der Waals surface area contributed by atoms with Crippen LogP contribution in [0.1, 0.15) is 60.3 Å². The van der Waals surface area contributed by atoms with Crippen molar-refractivity contribution in [1.29, 1.82) is 0 Å². The number of carbonyl (C=O) groups excluding carboxylic acids is 2. The van der Waals surface area contributed by atoms with Gasteiger partial charge in [0.2, 0.25) is 11.8 Å². The van der Waals surface area contributed by atoms with E-state index in [1.807, 2.05) is 72.8 Å². The number of aromatic nitrogens is 2. The van der Waals surface area contributed by atoms with Crippen molar-refractivity contribution in [3.05, 3.63) is 138 Å². The molecule has 6 rings (SSSR count). The SMILES string of the molecule is Nc1ccccc1NC(=O)CCCC(=O)NCc1ccccc1-c1ccc(C2OC(CSc3ncccn3)CC(c3ccc(CO)cc3)O2)cc1. The Morgan fingerprint density at radius 2 is 1.53 bits per heavy atom. The summed E-state index contributed by atoms with van der Waals surface area (Å²) >= 11 is 1.55. The molecule has 0 saturated carbocycles. The third-order valence-corrected chi connectivity index (χ3v) is 9.59. The van der Waals surface area contributed by atoms with Crippen LogP contribution in [0.5, 0.6) is 0 Å². The largest absolute Gasteiger partial charge is 0.397 e. The molecule has 51 heavy (non-hydrogen) atoms. The number of carbonyl (C=O) groups is 2. The summed E-state index contributed by atoms with van der Waals surface area (Å²) in [4.78, 5) is 33.7. The first-order valence-corrected chi connectivity index (χ1v) is 17.9. The van der Waals surface area contributed by atoms with Crippen LogP contribution in [0.3, 0.4) is 0 Å². The zero-order valence-electron chi connectivity index (χ0n) is 28.1. The number of anilines is 2. The van der Waals surface area contributed by atoms with E-state index < -0.39 is 6.29 Å². The normalized spacial score (nSPS) is 17.1. The van der Waals surface area contributed by atoms with Crippen molar-refractivity contribution in [1.82, 2.24) is 15.3 Å². The van der Waals surface area contributed by atoms with Crippen LogP contribution in [0.4, 0.5) is 11.4 Å². The van der Waals surface area contributed by atoms with Gasteiger partial charge in [-0.25, -0.2) is 9.97 Å². The van der Waals surface area contributed by atoms with Gasteiger partial charge in [0.05, 0.1) is 30.2 Å². The minimum atomic E-state index is -0.584. The molecule has 1 saturated heterocycles. The number of thioether (sulfide) groups is 1. The van der Waals surface area contributed by atoms with Crippen LogP contribution in [0.25, 0.3) is 11.1 Å². The molecule has 0 aliphatic carbocycles. The third-order valence-electron chi connectivity index (χ3n) is 8.59. The summed E-state index contributed by atoms with van der Waals surface area (Å²) in [7, 11) is 0. The summed E-state index contributed by atoms with van der Waals surface area (Å²) in [5.74, 6) is 0.371. The van der Waals surface area contributed by atoms with Gasteiger partial charge in [0, 0.05) is 49.5 Å². The van der Waals surface area contributed by atoms with Crippen molar-refractivity contribution >= 4 is 35.0 Å². The number of para-hydroxylation sites is 2. The fourth-order valence-electron chi connectivity index (χ4n) is 5.84. The molecule has 1 aromatic heterocycles. The second-order valence-electron chi connectivity index (χ2n) is 12.2. The zero-order chi connectivity index (χ0) is 35.4. The molecule has 1 aliphatic heterocycles. The number of hydrogen-bond acceptors (Lipinski definition) is 9. The summed E-state index contributed by atoms with van der Waals surface area (Å²) in [5.41, 5.74) is 12.7. The minimum absolute atomic E-state index is 0.0120. The quantitative estimate of drug-likeness (QED) is 0.0546. The number of nitrogens with zero attached hydrogens (tertiary/aromatic N) is 2. The van der Waals surface area contributed by atoms with Gasteiger partial charge in [0.15, 0.2) is 11.4 Å². The summed E-state index contributed by atoms with van der Waals surface area (Å²) < 4.78 is 13.0. The predicted octanol–water partition coefficient (Wildman–Crippen LogP) is 6.98. The lowest BCUT2D eigenvalue weighted by molar-refractivity contribution is -0.245. The highest BCUT2D eigenvalue weighted by Crippen LogP contribution is 2.39. The number of aliphatic hydroxyl groups is 1. The summed E-state index contributed by atoms with van der Waals surface area (Å²) in [6.07, 6.45) is 4.12. The van der Waals surface area contributed by atoms with Crippen molar-refractivity contribution in [2.75, 3.05) is 16.8 Å². The number of benzene rings is 4. The van der Waals surface area contributed by atoms with Crippen molar-refractivity contribution < 1.29 is 24.2 Å². The number of hydrogen-bond donors (Lipinski definition) is 4. The maximum absolute atomic E-state index is 12.7. The number of amides is 2. The molecule has 3 unspecified atom stereocenters. The molecule has 0 spiro atoms. The van der Waals surface area contributed by atoms with Crippen LogP contribution in [0.2, 0.25) is 0 Å². The van der Waals surface area contributed by atoms with Crippen LogP contribution in [0, 0.1) is 0 Å². The standard InChI is InChI=1S/C40H41N5O5S/c41-34-9-3-4-10-35(34)45-38(48)12-5-11-37(47)44-24-31-7-1-2-8-33(31)28-17-19-30(20-18-28)39-49-32(26-51-40-42-21-6-22-43-40)23-36(50-39)29-15-13-27(25-46)14-16-29/h1-4,6-10,13-22,32,36,39,46H,5,11-12,23-26,41H2,(H,44,47)(H,45,48). The van der Waals surface area contributed by atoms with Crippen molar-refractivity contribution in [2.24, 2.45) is 0 Å². The minimum Gasteiger partial charge on any atom is -0.397 e. The van der Waals surface area contributed by atoms with E-state index in [-0.39, 0.29) is 43.5 Å². The Bertz CT molecular complexity index is 1890. The van der Waals surface area contributed by atoms with Gasteiger partial charge in [-0.3, -0.25) is 9.59 Å². The second kappa shape index (κ2) is 17.7. The Morgan fingerprint density at radius 1 is 0.824 bits per heavy atom. The lowest BCUT2D eigenvalue weighted by Gasteiger charge is -2.36. The number of rotatable bonds is 14. The second-order valence-corrected chi connectivity index (χ2v) is 13.2. The molecule has 5 N–H and O–H groups in total. The summed E-state index contributed by atoms with van der Waals surface area (Å²) in [6.45, 7) is 0.349. The van der Waals surface area contributed by atoms with Crippen molar-refractivity contribution in [3.63, 3.8) is 0 Å². The Balaban J connectivity index is 1.07. The van der Waals surface area contributed by atoms with E-state index in [2.05, 4.69) is 20.6 Å². The molecule has 2 amide bonds. The highest BCUT2D eigenvalue weighted by atomic mass is 32.2. The van der Waals surface area contributed by atoms with Gasteiger partial charge >= 0.3 is 0 Å². The average Bonchev–Trinajstić information content (AvgIpc) is 3.17. The van der Waals surface area contributed by atoms with Gasteiger partial charge in [0.1, 0.15) is 0 Å². The first-order chi connectivity index (χ1) is 24.9. The maximum Gasteiger partial charge on any atom is 0.224 e. The van der Waals surface area contributed by atoms with Crippen LogP contribution in [0.15, 0.2) is 121 Å². The molecule has 1 aliphatic rings. The van der Waals surface area contributed by atoms with Crippen LogP contribution in [-0.2, 0) is 32.2 Å². The molecule has 262 valence electrons. The number of ether oxygens (including phenoxy) is 2. The third kappa shape index (κ3) is 10.0. The van der Waals surface area contributed by atoms with Crippen LogP contribution >= 0.6 is 11.8 Å². The molecular formula is C40H41N5O5S.